The Morgan fingerprint density at radius 1 is 1.20 bits per heavy atom. The van der Waals surface area contributed by atoms with E-state index in [2.05, 4.69) is 15.9 Å². The Hall–Kier alpha value is -2.01. The van der Waals surface area contributed by atoms with Crippen molar-refractivity contribution in [3.05, 3.63) is 52.5 Å². The summed E-state index contributed by atoms with van der Waals surface area (Å²) in [5.74, 6) is 0.604. The second kappa shape index (κ2) is 5.17. The van der Waals surface area contributed by atoms with Gasteiger partial charge in [-0.2, -0.15) is 0 Å². The summed E-state index contributed by atoms with van der Waals surface area (Å²) in [7, 11) is 0. The largest absolute Gasteiger partial charge is 0.481 e. The van der Waals surface area contributed by atoms with Crippen LogP contribution in [0.3, 0.4) is 0 Å². The third-order valence-corrected chi connectivity index (χ3v) is 3.71. The summed E-state index contributed by atoms with van der Waals surface area (Å²) in [5, 5.41) is 0. The van der Waals surface area contributed by atoms with Crippen LogP contribution in [0.1, 0.15) is 5.56 Å². The van der Waals surface area contributed by atoms with E-state index in [-0.39, 0.29) is 12.5 Å². The van der Waals surface area contributed by atoms with Gasteiger partial charge in [-0.3, -0.25) is 4.79 Å². The molecular weight excluding hydrogens is 320 g/mol. The van der Waals surface area contributed by atoms with E-state index in [0.717, 1.165) is 15.7 Å². The van der Waals surface area contributed by atoms with Crippen molar-refractivity contribution in [3.63, 3.8) is 0 Å². The Labute approximate surface area is 125 Å². The number of hydrogen-bond donors (Lipinski definition) is 1. The SMILES string of the molecule is Nc1ccc2c(c1)OCC(=O)N2Cc1ccc(Br)cc1. The zero-order valence-corrected chi connectivity index (χ0v) is 12.3. The fourth-order valence-corrected chi connectivity index (χ4v) is 2.43. The van der Waals surface area contributed by atoms with Gasteiger partial charge in [0, 0.05) is 16.2 Å². The first kappa shape index (κ1) is 13.0. The summed E-state index contributed by atoms with van der Waals surface area (Å²) < 4.78 is 6.44. The number of halogens is 1. The van der Waals surface area contributed by atoms with Gasteiger partial charge in [-0.1, -0.05) is 28.1 Å². The average molecular weight is 333 g/mol. The van der Waals surface area contributed by atoms with E-state index >= 15 is 0 Å². The highest BCUT2D eigenvalue weighted by molar-refractivity contribution is 9.10. The maximum atomic E-state index is 12.1. The van der Waals surface area contributed by atoms with E-state index in [0.29, 0.717) is 18.0 Å². The van der Waals surface area contributed by atoms with Crippen molar-refractivity contribution in [2.45, 2.75) is 6.54 Å². The normalized spacial score (nSPS) is 13.8. The third-order valence-electron chi connectivity index (χ3n) is 3.18. The number of nitrogen functional groups attached to an aromatic ring is 1. The van der Waals surface area contributed by atoms with E-state index < -0.39 is 0 Å². The molecule has 102 valence electrons. The first-order valence-electron chi connectivity index (χ1n) is 6.20. The van der Waals surface area contributed by atoms with Crippen molar-refractivity contribution in [3.8, 4) is 5.75 Å². The van der Waals surface area contributed by atoms with E-state index in [1.807, 2.05) is 30.3 Å². The predicted octanol–water partition coefficient (Wildman–Crippen LogP) is 2.96. The molecule has 5 heteroatoms. The molecule has 1 amide bonds. The Bertz CT molecular complexity index is 655. The number of carbonyl (C=O) groups is 1. The highest BCUT2D eigenvalue weighted by atomic mass is 79.9. The van der Waals surface area contributed by atoms with Crippen LogP contribution < -0.4 is 15.4 Å². The lowest BCUT2D eigenvalue weighted by atomic mass is 10.1. The first-order valence-corrected chi connectivity index (χ1v) is 7.00. The van der Waals surface area contributed by atoms with Crippen molar-refractivity contribution in [2.24, 2.45) is 0 Å². The van der Waals surface area contributed by atoms with Crippen molar-refractivity contribution in [2.75, 3.05) is 17.2 Å². The molecule has 2 aromatic carbocycles. The van der Waals surface area contributed by atoms with Gasteiger partial charge >= 0.3 is 0 Å². The van der Waals surface area contributed by atoms with E-state index in [4.69, 9.17) is 10.5 Å². The van der Waals surface area contributed by atoms with Crippen LogP contribution in [0, 0.1) is 0 Å². The summed E-state index contributed by atoms with van der Waals surface area (Å²) >= 11 is 3.40. The van der Waals surface area contributed by atoms with Gasteiger partial charge in [-0.25, -0.2) is 0 Å². The lowest BCUT2D eigenvalue weighted by Crippen LogP contribution is -2.38. The molecule has 0 fully saturated rings. The summed E-state index contributed by atoms with van der Waals surface area (Å²) in [6.45, 7) is 0.569. The number of benzene rings is 2. The number of ether oxygens (including phenoxy) is 1. The first-order chi connectivity index (χ1) is 9.63. The minimum atomic E-state index is -0.0507. The van der Waals surface area contributed by atoms with Crippen molar-refractivity contribution >= 4 is 33.2 Å². The number of nitrogens with two attached hydrogens (primary N) is 1. The molecule has 0 radical (unpaired) electrons. The molecule has 4 nitrogen and oxygen atoms in total. The number of rotatable bonds is 2. The number of amides is 1. The number of fused-ring (bicyclic) bond motifs is 1. The number of anilines is 2. The Kier molecular flexibility index (Phi) is 3.36. The van der Waals surface area contributed by atoms with E-state index in [9.17, 15) is 4.79 Å². The summed E-state index contributed by atoms with van der Waals surface area (Å²) in [6.07, 6.45) is 0. The second-order valence-electron chi connectivity index (χ2n) is 4.62. The Morgan fingerprint density at radius 3 is 2.70 bits per heavy atom. The van der Waals surface area contributed by atoms with Gasteiger partial charge < -0.3 is 15.4 Å². The lowest BCUT2D eigenvalue weighted by molar-refractivity contribution is -0.121. The molecule has 2 N–H and O–H groups in total. The van der Waals surface area contributed by atoms with Crippen molar-refractivity contribution in [1.29, 1.82) is 0 Å². The van der Waals surface area contributed by atoms with Gasteiger partial charge in [0.25, 0.3) is 5.91 Å². The lowest BCUT2D eigenvalue weighted by Gasteiger charge is -2.29. The van der Waals surface area contributed by atoms with Gasteiger partial charge in [0.2, 0.25) is 0 Å². The fourth-order valence-electron chi connectivity index (χ4n) is 2.17. The summed E-state index contributed by atoms with van der Waals surface area (Å²) in [6, 6.07) is 13.2. The minimum Gasteiger partial charge on any atom is -0.481 e. The Morgan fingerprint density at radius 2 is 1.95 bits per heavy atom. The maximum absolute atomic E-state index is 12.1. The molecule has 0 saturated carbocycles. The molecule has 0 aliphatic carbocycles. The molecule has 0 saturated heterocycles. The minimum absolute atomic E-state index is 0.0486. The summed E-state index contributed by atoms with van der Waals surface area (Å²) in [4.78, 5) is 13.8. The predicted molar refractivity (Wildman–Crippen MR) is 81.7 cm³/mol. The standard InChI is InChI=1S/C15H13BrN2O2/c16-11-3-1-10(2-4-11)8-18-13-6-5-12(17)7-14(13)20-9-15(18)19/h1-7H,8-9,17H2. The molecule has 0 spiro atoms. The van der Waals surface area contributed by atoms with Gasteiger partial charge in [0.1, 0.15) is 5.75 Å². The topological polar surface area (TPSA) is 55.6 Å². The second-order valence-corrected chi connectivity index (χ2v) is 5.54. The zero-order chi connectivity index (χ0) is 14.1. The zero-order valence-electron chi connectivity index (χ0n) is 10.7. The van der Waals surface area contributed by atoms with Crippen LogP contribution in [0.4, 0.5) is 11.4 Å². The highest BCUT2D eigenvalue weighted by Gasteiger charge is 2.25. The molecule has 3 rings (SSSR count). The van der Waals surface area contributed by atoms with Gasteiger partial charge in [0.15, 0.2) is 6.61 Å². The molecule has 0 unspecified atom stereocenters. The molecular formula is C15H13BrN2O2. The van der Waals surface area contributed by atoms with Gasteiger partial charge in [0.05, 0.1) is 12.2 Å². The molecule has 0 atom stereocenters. The quantitative estimate of drug-likeness (QED) is 0.860. The van der Waals surface area contributed by atoms with Crippen molar-refractivity contribution < 1.29 is 9.53 Å². The molecule has 20 heavy (non-hydrogen) atoms. The van der Waals surface area contributed by atoms with Gasteiger partial charge in [-0.15, -0.1) is 0 Å². The average Bonchev–Trinajstić information content (AvgIpc) is 2.44. The molecule has 0 bridgehead atoms. The molecule has 1 heterocycles. The van der Waals surface area contributed by atoms with E-state index in [1.54, 1.807) is 17.0 Å². The maximum Gasteiger partial charge on any atom is 0.265 e. The van der Waals surface area contributed by atoms with Crippen LogP contribution in [-0.2, 0) is 11.3 Å². The van der Waals surface area contributed by atoms with Crippen LogP contribution >= 0.6 is 15.9 Å². The van der Waals surface area contributed by atoms with Crippen LogP contribution in [0.5, 0.6) is 5.75 Å². The van der Waals surface area contributed by atoms with Gasteiger partial charge in [-0.05, 0) is 29.8 Å². The van der Waals surface area contributed by atoms with Crippen molar-refractivity contribution in [1.82, 2.24) is 0 Å². The summed E-state index contributed by atoms with van der Waals surface area (Å²) in [5.41, 5.74) is 8.19. The molecule has 1 aliphatic rings. The highest BCUT2D eigenvalue weighted by Crippen LogP contribution is 2.34. The number of hydrogen-bond acceptors (Lipinski definition) is 3. The monoisotopic (exact) mass is 332 g/mol. The molecule has 0 aromatic heterocycles. The smallest absolute Gasteiger partial charge is 0.265 e. The van der Waals surface area contributed by atoms with Crippen LogP contribution in [-0.4, -0.2) is 12.5 Å². The fraction of sp³-hybridized carbons (Fsp3) is 0.133. The molecule has 1 aliphatic heterocycles. The van der Waals surface area contributed by atoms with Crippen LogP contribution in [0.15, 0.2) is 46.9 Å². The van der Waals surface area contributed by atoms with Crippen LogP contribution in [0.2, 0.25) is 0 Å². The Balaban J connectivity index is 1.93. The third kappa shape index (κ3) is 2.49. The number of carbonyl (C=O) groups excluding carboxylic acids is 1. The molecule has 2 aromatic rings. The van der Waals surface area contributed by atoms with E-state index in [1.165, 1.54) is 0 Å². The number of nitrogens with zero attached hydrogens (tertiary/aromatic N) is 1. The van der Waals surface area contributed by atoms with Crippen LogP contribution in [0.25, 0.3) is 0 Å².